The van der Waals surface area contributed by atoms with Crippen LogP contribution < -0.4 is 10.6 Å². The van der Waals surface area contributed by atoms with E-state index in [9.17, 15) is 4.79 Å². The van der Waals surface area contributed by atoms with E-state index < -0.39 is 5.60 Å². The van der Waals surface area contributed by atoms with Gasteiger partial charge in [-0.05, 0) is 38.8 Å². The van der Waals surface area contributed by atoms with Gasteiger partial charge < -0.3 is 10.5 Å². The Bertz CT molecular complexity index is 466. The number of anilines is 1. The number of aromatic nitrogens is 1. The molecule has 0 radical (unpaired) electrons. The average molecular weight is 249 g/mol. The summed E-state index contributed by atoms with van der Waals surface area (Å²) < 4.78 is 5.37. The smallest absolute Gasteiger partial charge is 0.416 e. The van der Waals surface area contributed by atoms with Crippen LogP contribution >= 0.6 is 0 Å². The molecule has 5 nitrogen and oxygen atoms in total. The Balaban J connectivity index is 2.22. The van der Waals surface area contributed by atoms with Crippen LogP contribution in [0.4, 0.5) is 10.6 Å². The van der Waals surface area contributed by atoms with E-state index in [1.165, 1.54) is 0 Å². The number of hydrogen-bond donors (Lipinski definition) is 1. The highest BCUT2D eigenvalue weighted by molar-refractivity contribution is 5.89. The van der Waals surface area contributed by atoms with Crippen molar-refractivity contribution in [2.75, 3.05) is 11.4 Å². The van der Waals surface area contributed by atoms with Crippen molar-refractivity contribution in [1.82, 2.24) is 4.98 Å². The fraction of sp³-hybridized carbons (Fsp3) is 0.538. The largest absolute Gasteiger partial charge is 0.443 e. The van der Waals surface area contributed by atoms with Crippen molar-refractivity contribution in [3.63, 3.8) is 0 Å². The second-order valence-corrected chi connectivity index (χ2v) is 5.37. The molecule has 0 aromatic carbocycles. The molecule has 2 N–H and O–H groups in total. The molecule has 0 unspecified atom stereocenters. The van der Waals surface area contributed by atoms with Gasteiger partial charge in [-0.3, -0.25) is 4.90 Å². The molecule has 1 amide bonds. The molecule has 0 atom stereocenters. The summed E-state index contributed by atoms with van der Waals surface area (Å²) in [5.41, 5.74) is 6.92. The van der Waals surface area contributed by atoms with Crippen molar-refractivity contribution < 1.29 is 9.53 Å². The molecule has 5 heteroatoms. The van der Waals surface area contributed by atoms with Gasteiger partial charge in [0.2, 0.25) is 0 Å². The molecular weight excluding hydrogens is 230 g/mol. The quantitative estimate of drug-likeness (QED) is 0.824. The van der Waals surface area contributed by atoms with Gasteiger partial charge in [0.1, 0.15) is 11.4 Å². The van der Waals surface area contributed by atoms with E-state index in [2.05, 4.69) is 4.98 Å². The fourth-order valence-electron chi connectivity index (χ4n) is 1.89. The predicted molar refractivity (Wildman–Crippen MR) is 69.4 cm³/mol. The number of nitrogens with two attached hydrogens (primary N) is 1. The molecule has 2 rings (SSSR count). The van der Waals surface area contributed by atoms with Crippen LogP contribution in [0.5, 0.6) is 0 Å². The molecule has 0 saturated heterocycles. The number of nitrogens with zero attached hydrogens (tertiary/aromatic N) is 2. The average Bonchev–Trinajstić information content (AvgIpc) is 2.69. The van der Waals surface area contributed by atoms with Crippen molar-refractivity contribution in [3.8, 4) is 0 Å². The van der Waals surface area contributed by atoms with Gasteiger partial charge in [0.05, 0.1) is 5.69 Å². The zero-order valence-electron chi connectivity index (χ0n) is 11.1. The number of pyridine rings is 1. The standard InChI is InChI=1S/C13H19N3O2/c1-13(2,3)18-12(17)16-7-6-9-4-5-10(8-14)15-11(9)16/h4-5H,6-8,14H2,1-3H3. The molecule has 0 fully saturated rings. The number of carbonyl (C=O) groups is 1. The first kappa shape index (κ1) is 12.8. The van der Waals surface area contributed by atoms with Crippen molar-refractivity contribution in [3.05, 3.63) is 23.4 Å². The molecule has 1 aromatic heterocycles. The molecular formula is C13H19N3O2. The summed E-state index contributed by atoms with van der Waals surface area (Å²) in [6.07, 6.45) is 0.467. The van der Waals surface area contributed by atoms with Crippen LogP contribution in [0.3, 0.4) is 0 Å². The van der Waals surface area contributed by atoms with Crippen LogP contribution in [-0.4, -0.2) is 23.2 Å². The van der Waals surface area contributed by atoms with Crippen LogP contribution in [0.1, 0.15) is 32.0 Å². The first-order valence-electron chi connectivity index (χ1n) is 6.10. The molecule has 98 valence electrons. The third-order valence-electron chi connectivity index (χ3n) is 2.70. The zero-order chi connectivity index (χ0) is 13.3. The Hall–Kier alpha value is -1.62. The van der Waals surface area contributed by atoms with E-state index in [0.29, 0.717) is 18.9 Å². The Morgan fingerprint density at radius 2 is 2.22 bits per heavy atom. The molecule has 1 aliphatic rings. The minimum absolute atomic E-state index is 0.345. The van der Waals surface area contributed by atoms with Crippen LogP contribution in [0, 0.1) is 0 Å². The van der Waals surface area contributed by atoms with Crippen LogP contribution in [-0.2, 0) is 17.7 Å². The maximum absolute atomic E-state index is 12.1. The second-order valence-electron chi connectivity index (χ2n) is 5.37. The molecule has 18 heavy (non-hydrogen) atoms. The maximum atomic E-state index is 12.1. The summed E-state index contributed by atoms with van der Waals surface area (Å²) in [5, 5.41) is 0. The molecule has 1 aliphatic heterocycles. The molecule has 0 saturated carbocycles. The lowest BCUT2D eigenvalue weighted by atomic mass is 10.2. The molecule has 0 aliphatic carbocycles. The van der Waals surface area contributed by atoms with Gasteiger partial charge >= 0.3 is 6.09 Å². The minimum atomic E-state index is -0.495. The first-order chi connectivity index (χ1) is 8.40. The Morgan fingerprint density at radius 1 is 1.50 bits per heavy atom. The van der Waals surface area contributed by atoms with Gasteiger partial charge in [-0.25, -0.2) is 9.78 Å². The van der Waals surface area contributed by atoms with Crippen molar-refractivity contribution >= 4 is 11.9 Å². The highest BCUT2D eigenvalue weighted by Gasteiger charge is 2.30. The summed E-state index contributed by atoms with van der Waals surface area (Å²) >= 11 is 0. The van der Waals surface area contributed by atoms with E-state index in [4.69, 9.17) is 10.5 Å². The van der Waals surface area contributed by atoms with Crippen LogP contribution in [0.2, 0.25) is 0 Å². The number of rotatable bonds is 1. The summed E-state index contributed by atoms with van der Waals surface area (Å²) in [7, 11) is 0. The molecule has 0 bridgehead atoms. The SMILES string of the molecule is CC(C)(C)OC(=O)N1CCc2ccc(CN)nc21. The van der Waals surface area contributed by atoms with Gasteiger partial charge in [0, 0.05) is 13.1 Å². The van der Waals surface area contributed by atoms with Crippen molar-refractivity contribution in [2.45, 2.75) is 39.3 Å². The summed E-state index contributed by atoms with van der Waals surface area (Å²) in [6, 6.07) is 3.88. The molecule has 2 heterocycles. The monoisotopic (exact) mass is 249 g/mol. The van der Waals surface area contributed by atoms with Gasteiger partial charge in [-0.1, -0.05) is 6.07 Å². The fourth-order valence-corrected chi connectivity index (χ4v) is 1.89. The first-order valence-corrected chi connectivity index (χ1v) is 6.10. The summed E-state index contributed by atoms with van der Waals surface area (Å²) in [5.74, 6) is 0.687. The van der Waals surface area contributed by atoms with Crippen LogP contribution in [0.15, 0.2) is 12.1 Å². The number of hydrogen-bond acceptors (Lipinski definition) is 4. The normalized spacial score (nSPS) is 14.6. The number of fused-ring (bicyclic) bond motifs is 1. The van der Waals surface area contributed by atoms with Gasteiger partial charge in [0.25, 0.3) is 0 Å². The summed E-state index contributed by atoms with van der Waals surface area (Å²) in [4.78, 5) is 18.0. The van der Waals surface area contributed by atoms with E-state index in [1.807, 2.05) is 32.9 Å². The van der Waals surface area contributed by atoms with E-state index >= 15 is 0 Å². The van der Waals surface area contributed by atoms with Gasteiger partial charge in [-0.15, -0.1) is 0 Å². The summed E-state index contributed by atoms with van der Waals surface area (Å²) in [6.45, 7) is 6.55. The molecule has 0 spiro atoms. The highest BCUT2D eigenvalue weighted by Crippen LogP contribution is 2.27. The number of carbonyl (C=O) groups excluding carboxylic acids is 1. The minimum Gasteiger partial charge on any atom is -0.443 e. The third kappa shape index (κ3) is 2.61. The van der Waals surface area contributed by atoms with E-state index in [-0.39, 0.29) is 6.09 Å². The lowest BCUT2D eigenvalue weighted by Crippen LogP contribution is -2.36. The Kier molecular flexibility index (Phi) is 3.26. The Labute approximate surface area is 107 Å². The second kappa shape index (κ2) is 4.57. The topological polar surface area (TPSA) is 68.5 Å². The third-order valence-corrected chi connectivity index (χ3v) is 2.70. The Morgan fingerprint density at radius 3 is 2.83 bits per heavy atom. The van der Waals surface area contributed by atoms with Crippen LogP contribution in [0.25, 0.3) is 0 Å². The highest BCUT2D eigenvalue weighted by atomic mass is 16.6. The van der Waals surface area contributed by atoms with Gasteiger partial charge in [0.15, 0.2) is 0 Å². The van der Waals surface area contributed by atoms with Crippen molar-refractivity contribution in [2.24, 2.45) is 5.73 Å². The van der Waals surface area contributed by atoms with E-state index in [0.717, 1.165) is 17.7 Å². The van der Waals surface area contributed by atoms with Crippen molar-refractivity contribution in [1.29, 1.82) is 0 Å². The predicted octanol–water partition coefficient (Wildman–Crippen LogP) is 1.84. The van der Waals surface area contributed by atoms with Gasteiger partial charge in [-0.2, -0.15) is 0 Å². The lowest BCUT2D eigenvalue weighted by molar-refractivity contribution is 0.0583. The molecule has 1 aromatic rings. The zero-order valence-corrected chi connectivity index (χ0v) is 11.1. The maximum Gasteiger partial charge on any atom is 0.416 e. The van der Waals surface area contributed by atoms with E-state index in [1.54, 1.807) is 4.90 Å². The number of amides is 1. The number of ether oxygens (including phenoxy) is 1. The lowest BCUT2D eigenvalue weighted by Gasteiger charge is -2.24.